The number of nitrogens with zero attached hydrogens (tertiary/aromatic N) is 5. The maximum atomic E-state index is 13.4. The van der Waals surface area contributed by atoms with Gasteiger partial charge in [0.25, 0.3) is 17.7 Å². The van der Waals surface area contributed by atoms with Crippen LogP contribution in [0.2, 0.25) is 0 Å². The molecule has 0 aliphatic carbocycles. The van der Waals surface area contributed by atoms with Crippen molar-refractivity contribution in [3.8, 4) is 11.5 Å². The molecule has 7 rings (SSSR count). The number of thiol groups is 1. The van der Waals surface area contributed by atoms with Crippen LogP contribution in [0.15, 0.2) is 53.5 Å². The zero-order valence-corrected chi connectivity index (χ0v) is 30.1. The van der Waals surface area contributed by atoms with Crippen LogP contribution in [-0.4, -0.2) is 113 Å². The summed E-state index contributed by atoms with van der Waals surface area (Å²) in [6.45, 7) is 4.90. The minimum atomic E-state index is -0.214. The highest BCUT2D eigenvalue weighted by atomic mass is 32.1. The van der Waals surface area contributed by atoms with Crippen LogP contribution in [-0.2, 0) is 0 Å². The molecule has 10 nitrogen and oxygen atoms in total. The molecule has 0 N–H and O–H groups in total. The van der Waals surface area contributed by atoms with Crippen LogP contribution in [0, 0.1) is 0 Å². The highest BCUT2D eigenvalue weighted by Crippen LogP contribution is 2.38. The molecule has 3 aromatic carbocycles. The summed E-state index contributed by atoms with van der Waals surface area (Å²) in [5.41, 5.74) is 2.37. The monoisotopic (exact) mass is 713 g/mol. The van der Waals surface area contributed by atoms with Crippen molar-refractivity contribution in [3.05, 3.63) is 65.2 Å². The van der Waals surface area contributed by atoms with Crippen molar-refractivity contribution in [2.24, 2.45) is 4.99 Å². The van der Waals surface area contributed by atoms with Crippen molar-refractivity contribution in [3.63, 3.8) is 0 Å². The molecule has 12 heteroatoms. The summed E-state index contributed by atoms with van der Waals surface area (Å²) >= 11 is 9.87. The molecular formula is C38H43N5O5S2. The zero-order chi connectivity index (χ0) is 34.8. The van der Waals surface area contributed by atoms with Crippen molar-refractivity contribution in [2.75, 3.05) is 53.0 Å². The second-order valence-electron chi connectivity index (χ2n) is 13.4. The molecule has 2 fully saturated rings. The third kappa shape index (κ3) is 6.85. The van der Waals surface area contributed by atoms with E-state index in [4.69, 9.17) is 21.7 Å². The van der Waals surface area contributed by atoms with E-state index in [2.05, 4.69) is 27.4 Å². The molecule has 0 aromatic heterocycles. The molecule has 4 aliphatic heterocycles. The maximum Gasteiger partial charge on any atom is 0.261 e. The van der Waals surface area contributed by atoms with E-state index in [0.717, 1.165) is 82.0 Å². The molecule has 0 radical (unpaired) electrons. The van der Waals surface area contributed by atoms with E-state index in [1.165, 1.54) is 4.90 Å². The Balaban J connectivity index is 0.913. The molecule has 0 bridgehead atoms. The summed E-state index contributed by atoms with van der Waals surface area (Å²) < 4.78 is 12.4. The number of ether oxygens (including phenoxy) is 2. The molecule has 0 spiro atoms. The molecule has 3 aromatic rings. The molecule has 0 saturated carbocycles. The van der Waals surface area contributed by atoms with Crippen LogP contribution >= 0.6 is 24.8 Å². The fraction of sp³-hybridized carbons (Fsp3) is 0.447. The first-order chi connectivity index (χ1) is 24.3. The van der Waals surface area contributed by atoms with Crippen molar-refractivity contribution in [2.45, 2.75) is 57.0 Å². The largest absolute Gasteiger partial charge is 0.493 e. The SMILES string of the molecule is COc1cc2c(cc1OCCCCCC1CN(C(=S)S)CCN1CCCN1C(=O)c3cccc4cccc(c34)C1=O)N=C[C@@H]1CCCN1C2=O. The average Bonchev–Trinajstić information content (AvgIpc) is 3.56. The Bertz CT molecular complexity index is 1800. The maximum absolute atomic E-state index is 13.4. The number of imide groups is 1. The van der Waals surface area contributed by atoms with Crippen molar-refractivity contribution in [1.29, 1.82) is 0 Å². The summed E-state index contributed by atoms with van der Waals surface area (Å²) in [6, 6.07) is 15.2. The van der Waals surface area contributed by atoms with Crippen LogP contribution < -0.4 is 9.47 Å². The predicted molar refractivity (Wildman–Crippen MR) is 202 cm³/mol. The standard InChI is InChI=1S/C38H43N5O5S2/c1-47-32-21-30-31(39-23-26-12-7-16-42(26)37(30)46)22-33(32)48-20-4-2-3-11-27-24-41(38(49)50)19-18-40(27)15-8-17-43-35(44)28-13-5-9-25-10-6-14-29(34(25)28)36(43)45/h5-6,9-10,13-14,21-23,26-27H,2-4,7-8,11-12,15-20,24H2,1H3,(H,49,50)/t26-,27?/m0/s1. The van der Waals surface area contributed by atoms with Crippen LogP contribution in [0.1, 0.15) is 76.0 Å². The molecule has 2 saturated heterocycles. The van der Waals surface area contributed by atoms with E-state index < -0.39 is 0 Å². The Morgan fingerprint density at radius 3 is 2.42 bits per heavy atom. The molecule has 3 amide bonds. The van der Waals surface area contributed by atoms with Gasteiger partial charge in [-0.1, -0.05) is 49.3 Å². The van der Waals surface area contributed by atoms with Gasteiger partial charge in [-0.05, 0) is 55.7 Å². The summed E-state index contributed by atoms with van der Waals surface area (Å²) in [6.07, 6.45) is 8.36. The van der Waals surface area contributed by atoms with Gasteiger partial charge in [-0.2, -0.15) is 0 Å². The zero-order valence-electron chi connectivity index (χ0n) is 28.4. The minimum Gasteiger partial charge on any atom is -0.493 e. The number of hydrogen-bond acceptors (Lipinski definition) is 8. The first-order valence-electron chi connectivity index (χ1n) is 17.6. The first-order valence-corrected chi connectivity index (χ1v) is 18.5. The molecule has 4 aliphatic rings. The van der Waals surface area contributed by atoms with E-state index >= 15 is 0 Å². The van der Waals surface area contributed by atoms with Gasteiger partial charge in [0.15, 0.2) is 11.5 Å². The summed E-state index contributed by atoms with van der Waals surface area (Å²) in [4.78, 5) is 52.5. The highest BCUT2D eigenvalue weighted by molar-refractivity contribution is 8.10. The Kier molecular flexibility index (Phi) is 10.4. The molecule has 262 valence electrons. The number of piperazine rings is 1. The minimum absolute atomic E-state index is 0.00374. The number of fused-ring (bicyclic) bond motifs is 2. The van der Waals surface area contributed by atoms with Crippen molar-refractivity contribution < 1.29 is 23.9 Å². The molecule has 1 unspecified atom stereocenters. The lowest BCUT2D eigenvalue weighted by molar-refractivity contribution is 0.0586. The lowest BCUT2D eigenvalue weighted by Crippen LogP contribution is -2.54. The topological polar surface area (TPSA) is 95.0 Å². The summed E-state index contributed by atoms with van der Waals surface area (Å²) in [7, 11) is 1.59. The van der Waals surface area contributed by atoms with E-state index in [0.29, 0.717) is 57.8 Å². The van der Waals surface area contributed by atoms with Gasteiger partial charge in [-0.25, -0.2) is 0 Å². The van der Waals surface area contributed by atoms with Crippen molar-refractivity contribution in [1.82, 2.24) is 19.6 Å². The third-order valence-corrected chi connectivity index (χ3v) is 11.0. The number of rotatable bonds is 12. The Labute approximate surface area is 303 Å². The van der Waals surface area contributed by atoms with Gasteiger partial charge in [-0.3, -0.25) is 29.2 Å². The number of amides is 3. The van der Waals surface area contributed by atoms with Crippen LogP contribution in [0.3, 0.4) is 0 Å². The van der Waals surface area contributed by atoms with Crippen LogP contribution in [0.5, 0.6) is 11.5 Å². The van der Waals surface area contributed by atoms with E-state index in [9.17, 15) is 14.4 Å². The van der Waals surface area contributed by atoms with Crippen molar-refractivity contribution >= 4 is 69.6 Å². The van der Waals surface area contributed by atoms with Gasteiger partial charge in [0.2, 0.25) is 0 Å². The second kappa shape index (κ2) is 15.1. The number of aliphatic imine (C=N–C) groups is 1. The van der Waals surface area contributed by atoms with Gasteiger partial charge in [-0.15, -0.1) is 12.6 Å². The fourth-order valence-electron chi connectivity index (χ4n) is 7.81. The van der Waals surface area contributed by atoms with Crippen LogP contribution in [0.4, 0.5) is 5.69 Å². The first kappa shape index (κ1) is 34.4. The number of hydrogen-bond donors (Lipinski definition) is 1. The molecular weight excluding hydrogens is 671 g/mol. The number of carbonyl (C=O) groups excluding carboxylic acids is 3. The number of methoxy groups -OCH3 is 1. The number of thiocarbonyl (C=S) groups is 1. The number of unbranched alkanes of at least 4 members (excludes halogenated alkanes) is 2. The predicted octanol–water partition coefficient (Wildman–Crippen LogP) is 6.00. The molecule has 2 atom stereocenters. The van der Waals surface area contributed by atoms with Gasteiger partial charge >= 0.3 is 0 Å². The number of carbonyl (C=O) groups is 3. The van der Waals surface area contributed by atoms with Crippen LogP contribution in [0.25, 0.3) is 10.8 Å². The molecule has 50 heavy (non-hydrogen) atoms. The lowest BCUT2D eigenvalue weighted by Gasteiger charge is -2.42. The Morgan fingerprint density at radius 1 is 0.900 bits per heavy atom. The summed E-state index contributed by atoms with van der Waals surface area (Å²) in [5, 5.41) is 1.67. The van der Waals surface area contributed by atoms with E-state index in [-0.39, 0.29) is 29.8 Å². The molecule has 4 heterocycles. The Hall–Kier alpha value is -4.00. The normalized spacial score (nSPS) is 20.3. The Morgan fingerprint density at radius 2 is 1.68 bits per heavy atom. The quantitative estimate of drug-likeness (QED) is 0.106. The third-order valence-electron chi connectivity index (χ3n) is 10.5. The van der Waals surface area contributed by atoms with E-state index in [1.807, 2.05) is 53.6 Å². The van der Waals surface area contributed by atoms with E-state index in [1.54, 1.807) is 13.2 Å². The van der Waals surface area contributed by atoms with Gasteiger partial charge < -0.3 is 19.3 Å². The summed E-state index contributed by atoms with van der Waals surface area (Å²) in [5.74, 6) is 0.706. The second-order valence-corrected chi connectivity index (χ2v) is 14.6. The van der Waals surface area contributed by atoms with Gasteiger partial charge in [0, 0.05) is 74.1 Å². The lowest BCUT2D eigenvalue weighted by atomic mass is 9.94. The fourth-order valence-corrected chi connectivity index (χ4v) is 8.16. The van der Waals surface area contributed by atoms with Gasteiger partial charge in [0.1, 0.15) is 4.32 Å². The number of benzene rings is 3. The smallest absolute Gasteiger partial charge is 0.261 e. The van der Waals surface area contributed by atoms with Gasteiger partial charge in [0.05, 0.1) is 31.0 Å². The average molecular weight is 714 g/mol. The highest BCUT2D eigenvalue weighted by Gasteiger charge is 2.34.